The molecule has 2 bridgehead atoms. The Kier molecular flexibility index (Phi) is 2.44. The maximum Gasteiger partial charge on any atom is 0.126 e. The van der Waals surface area contributed by atoms with Crippen LogP contribution in [0.2, 0.25) is 0 Å². The lowest BCUT2D eigenvalue weighted by Crippen LogP contribution is -2.26. The van der Waals surface area contributed by atoms with Gasteiger partial charge in [-0.1, -0.05) is 6.07 Å². The normalized spacial score (nSPS) is 40.2. The van der Waals surface area contributed by atoms with Gasteiger partial charge in [-0.3, -0.25) is 0 Å². The maximum atomic E-state index is 13.0. The highest BCUT2D eigenvalue weighted by Gasteiger charge is 2.64. The average molecular weight is 261 g/mol. The summed E-state index contributed by atoms with van der Waals surface area (Å²) in [5, 5.41) is 13.5. The van der Waals surface area contributed by atoms with Crippen LogP contribution in [0.1, 0.15) is 37.8 Å². The summed E-state index contributed by atoms with van der Waals surface area (Å²) in [6, 6.07) is 5.03. The molecule has 0 heterocycles. The molecule has 3 fully saturated rings. The molecule has 102 valence electrons. The number of nitrogens with one attached hydrogen (secondary N) is 1. The van der Waals surface area contributed by atoms with Gasteiger partial charge in [0.05, 0.1) is 0 Å². The van der Waals surface area contributed by atoms with Crippen molar-refractivity contribution in [2.45, 2.75) is 38.3 Å². The molecule has 4 rings (SSSR count). The Bertz CT molecular complexity index is 501. The van der Waals surface area contributed by atoms with Crippen LogP contribution in [0.5, 0.6) is 5.75 Å². The van der Waals surface area contributed by atoms with Crippen LogP contribution < -0.4 is 5.32 Å². The van der Waals surface area contributed by atoms with Crippen molar-refractivity contribution in [3.05, 3.63) is 29.6 Å². The molecule has 0 spiro atoms. The van der Waals surface area contributed by atoms with Gasteiger partial charge in [0, 0.05) is 23.7 Å². The SMILES string of the molecule is CC(NC1C2C3CCC(C3)C12)c1ccc(F)cc1O. The van der Waals surface area contributed by atoms with Gasteiger partial charge in [-0.15, -0.1) is 0 Å². The summed E-state index contributed by atoms with van der Waals surface area (Å²) in [6.07, 6.45) is 4.28. The highest BCUT2D eigenvalue weighted by atomic mass is 19.1. The molecular weight excluding hydrogens is 241 g/mol. The molecule has 2 nitrogen and oxygen atoms in total. The molecule has 0 radical (unpaired) electrons. The van der Waals surface area contributed by atoms with Crippen molar-refractivity contribution in [3.8, 4) is 5.75 Å². The predicted octanol–water partition coefficient (Wildman–Crippen LogP) is 3.23. The standard InChI is InChI=1S/C16H20FNO/c1-8(12-5-4-11(17)7-13(12)19)18-16-14-9-2-3-10(6-9)15(14)16/h4-5,7-10,14-16,18-19H,2-3,6H2,1H3. The number of phenolic OH excluding ortho intramolecular Hbond substituents is 1. The van der Waals surface area contributed by atoms with Crippen molar-refractivity contribution in [1.29, 1.82) is 0 Å². The van der Waals surface area contributed by atoms with E-state index in [0.717, 1.165) is 29.2 Å². The van der Waals surface area contributed by atoms with Crippen molar-refractivity contribution in [2.75, 3.05) is 0 Å². The van der Waals surface area contributed by atoms with Gasteiger partial charge in [0.1, 0.15) is 11.6 Å². The zero-order valence-corrected chi connectivity index (χ0v) is 11.1. The van der Waals surface area contributed by atoms with E-state index < -0.39 is 0 Å². The van der Waals surface area contributed by atoms with E-state index in [0.29, 0.717) is 6.04 Å². The minimum Gasteiger partial charge on any atom is -0.508 e. The lowest BCUT2D eigenvalue weighted by Gasteiger charge is -2.18. The van der Waals surface area contributed by atoms with Crippen molar-refractivity contribution < 1.29 is 9.50 Å². The van der Waals surface area contributed by atoms with Gasteiger partial charge >= 0.3 is 0 Å². The first-order chi connectivity index (χ1) is 9.15. The number of benzene rings is 1. The van der Waals surface area contributed by atoms with Gasteiger partial charge in [-0.25, -0.2) is 4.39 Å². The highest BCUT2D eigenvalue weighted by Crippen LogP contribution is 2.65. The molecular formula is C16H20FNO. The number of aromatic hydroxyl groups is 1. The summed E-state index contributed by atoms with van der Waals surface area (Å²) in [5.74, 6) is 3.33. The van der Waals surface area contributed by atoms with Crippen molar-refractivity contribution >= 4 is 0 Å². The Balaban J connectivity index is 1.46. The number of fused-ring (bicyclic) bond motifs is 5. The lowest BCUT2D eigenvalue weighted by molar-refractivity contribution is 0.415. The van der Waals surface area contributed by atoms with Gasteiger partial charge < -0.3 is 10.4 Å². The molecule has 0 saturated heterocycles. The number of rotatable bonds is 3. The molecule has 5 atom stereocenters. The van der Waals surface area contributed by atoms with Gasteiger partial charge in [-0.05, 0) is 55.9 Å². The second-order valence-electron chi connectivity index (χ2n) is 6.61. The second-order valence-corrected chi connectivity index (χ2v) is 6.61. The van der Waals surface area contributed by atoms with Gasteiger partial charge in [-0.2, -0.15) is 0 Å². The van der Waals surface area contributed by atoms with Gasteiger partial charge in [0.25, 0.3) is 0 Å². The van der Waals surface area contributed by atoms with E-state index in [1.165, 1.54) is 31.4 Å². The molecule has 19 heavy (non-hydrogen) atoms. The summed E-state index contributed by atoms with van der Waals surface area (Å²) < 4.78 is 13.0. The van der Waals surface area contributed by atoms with Crippen molar-refractivity contribution in [2.24, 2.45) is 23.7 Å². The predicted molar refractivity (Wildman–Crippen MR) is 71.2 cm³/mol. The van der Waals surface area contributed by atoms with E-state index in [1.807, 2.05) is 0 Å². The van der Waals surface area contributed by atoms with Crippen LogP contribution in [0.3, 0.4) is 0 Å². The summed E-state index contributed by atoms with van der Waals surface area (Å²) >= 11 is 0. The smallest absolute Gasteiger partial charge is 0.126 e. The molecule has 3 aliphatic rings. The molecule has 0 aromatic heterocycles. The summed E-state index contributed by atoms with van der Waals surface area (Å²) in [6.45, 7) is 2.06. The van der Waals surface area contributed by atoms with Crippen LogP contribution in [-0.4, -0.2) is 11.1 Å². The fourth-order valence-electron chi connectivity index (χ4n) is 4.81. The molecule has 3 heteroatoms. The Hall–Kier alpha value is -1.09. The molecule has 1 aromatic carbocycles. The topological polar surface area (TPSA) is 32.3 Å². The number of hydrogen-bond donors (Lipinski definition) is 2. The largest absolute Gasteiger partial charge is 0.508 e. The minimum absolute atomic E-state index is 0.0637. The average Bonchev–Trinajstić information content (AvgIpc) is 2.78. The third-order valence-electron chi connectivity index (χ3n) is 5.64. The van der Waals surface area contributed by atoms with Crippen molar-refractivity contribution in [1.82, 2.24) is 5.32 Å². The Morgan fingerprint density at radius 1 is 1.26 bits per heavy atom. The fraction of sp³-hybridized carbons (Fsp3) is 0.625. The first-order valence-electron chi connectivity index (χ1n) is 7.39. The Morgan fingerprint density at radius 2 is 1.95 bits per heavy atom. The molecule has 2 N–H and O–H groups in total. The first kappa shape index (κ1) is 11.7. The summed E-state index contributed by atoms with van der Waals surface area (Å²) in [5.41, 5.74) is 0.804. The van der Waals surface area contributed by atoms with Crippen LogP contribution in [0, 0.1) is 29.5 Å². The van der Waals surface area contributed by atoms with Crippen LogP contribution in [0.4, 0.5) is 4.39 Å². The van der Waals surface area contributed by atoms with Gasteiger partial charge in [0.2, 0.25) is 0 Å². The fourth-order valence-corrected chi connectivity index (χ4v) is 4.81. The van der Waals surface area contributed by atoms with E-state index >= 15 is 0 Å². The van der Waals surface area contributed by atoms with Crippen LogP contribution >= 0.6 is 0 Å². The zero-order chi connectivity index (χ0) is 13.1. The van der Waals surface area contributed by atoms with Crippen LogP contribution in [0.15, 0.2) is 18.2 Å². The third-order valence-corrected chi connectivity index (χ3v) is 5.64. The van der Waals surface area contributed by atoms with E-state index in [1.54, 1.807) is 6.07 Å². The third kappa shape index (κ3) is 1.71. The number of hydrogen-bond acceptors (Lipinski definition) is 2. The monoisotopic (exact) mass is 261 g/mol. The highest BCUT2D eigenvalue weighted by molar-refractivity contribution is 5.35. The van der Waals surface area contributed by atoms with E-state index in [4.69, 9.17) is 0 Å². The lowest BCUT2D eigenvalue weighted by atomic mass is 10.0. The molecule has 3 aliphatic carbocycles. The van der Waals surface area contributed by atoms with Gasteiger partial charge in [0.15, 0.2) is 0 Å². The zero-order valence-electron chi connectivity index (χ0n) is 11.1. The van der Waals surface area contributed by atoms with E-state index in [2.05, 4.69) is 12.2 Å². The molecule has 0 amide bonds. The first-order valence-corrected chi connectivity index (χ1v) is 7.39. The summed E-state index contributed by atoms with van der Waals surface area (Å²) in [4.78, 5) is 0. The Labute approximate surface area is 113 Å². The molecule has 0 aliphatic heterocycles. The molecule has 3 saturated carbocycles. The van der Waals surface area contributed by atoms with Crippen LogP contribution in [0.25, 0.3) is 0 Å². The van der Waals surface area contributed by atoms with Crippen molar-refractivity contribution in [3.63, 3.8) is 0 Å². The molecule has 1 aromatic rings. The summed E-state index contributed by atoms with van der Waals surface area (Å²) in [7, 11) is 0. The molecule has 5 unspecified atom stereocenters. The maximum absolute atomic E-state index is 13.0. The second kappa shape index (κ2) is 3.95. The van der Waals surface area contributed by atoms with Crippen LogP contribution in [-0.2, 0) is 0 Å². The minimum atomic E-state index is -0.380. The Morgan fingerprint density at radius 3 is 2.58 bits per heavy atom. The number of phenols is 1. The number of halogens is 1. The van der Waals surface area contributed by atoms with E-state index in [9.17, 15) is 9.50 Å². The quantitative estimate of drug-likeness (QED) is 0.875. The van der Waals surface area contributed by atoms with E-state index in [-0.39, 0.29) is 17.6 Å².